The molecule has 5 heteroatoms. The number of amides is 2. The van der Waals surface area contributed by atoms with E-state index < -0.39 is 0 Å². The van der Waals surface area contributed by atoms with Crippen molar-refractivity contribution in [1.82, 2.24) is 9.80 Å². The monoisotopic (exact) mass is 514 g/mol. The Morgan fingerprint density at radius 1 is 1.05 bits per heavy atom. The van der Waals surface area contributed by atoms with Crippen LogP contribution in [0, 0.1) is 5.92 Å². The highest BCUT2D eigenvalue weighted by molar-refractivity contribution is 7.10. The van der Waals surface area contributed by atoms with Crippen molar-refractivity contribution in [3.05, 3.63) is 99.3 Å². The molecule has 0 saturated heterocycles. The molecule has 0 spiro atoms. The third-order valence-corrected chi connectivity index (χ3v) is 7.82. The molecule has 2 heterocycles. The molecule has 0 N–H and O–H groups in total. The topological polar surface area (TPSA) is 40.6 Å². The second-order valence-corrected chi connectivity index (χ2v) is 12.3. The summed E-state index contributed by atoms with van der Waals surface area (Å²) in [4.78, 5) is 32.0. The largest absolute Gasteiger partial charge is 0.330 e. The van der Waals surface area contributed by atoms with Crippen molar-refractivity contribution in [2.75, 3.05) is 19.6 Å². The summed E-state index contributed by atoms with van der Waals surface area (Å²) in [6.45, 7) is 12.0. The van der Waals surface area contributed by atoms with Crippen LogP contribution in [0.3, 0.4) is 0 Å². The Morgan fingerprint density at radius 3 is 2.41 bits per heavy atom. The molecular weight excluding hydrogens is 476 g/mol. The first-order chi connectivity index (χ1) is 17.6. The number of thiophene rings is 1. The highest BCUT2D eigenvalue weighted by atomic mass is 32.1. The first kappa shape index (κ1) is 26.9. The standard InChI is InChI=1S/C32H38N2O2S/c1-23(2)21-33(29(35)16-11-24-9-7-6-8-10-24)22-30(36)34-19-17-28-27(18-20-37-28)31(34)25-12-14-26(15-13-25)32(3,4)5/h6-16,18,20,23,31H,17,19,21-22H2,1-5H3/b16-11+. The van der Waals surface area contributed by atoms with Crippen LogP contribution in [0.4, 0.5) is 0 Å². The minimum Gasteiger partial charge on any atom is -0.330 e. The third-order valence-electron chi connectivity index (χ3n) is 6.82. The SMILES string of the molecule is CC(C)CN(CC(=O)N1CCc2sccc2C1c1ccc(C(C)(C)C)cc1)C(=O)/C=C/c1ccccc1. The van der Waals surface area contributed by atoms with E-state index in [0.29, 0.717) is 13.1 Å². The molecule has 1 atom stereocenters. The highest BCUT2D eigenvalue weighted by Crippen LogP contribution is 2.38. The molecule has 194 valence electrons. The quantitative estimate of drug-likeness (QED) is 0.329. The van der Waals surface area contributed by atoms with Crippen molar-refractivity contribution < 1.29 is 9.59 Å². The zero-order valence-electron chi connectivity index (χ0n) is 22.6. The Hall–Kier alpha value is -3.18. The van der Waals surface area contributed by atoms with Gasteiger partial charge in [-0.05, 0) is 57.5 Å². The van der Waals surface area contributed by atoms with Crippen molar-refractivity contribution in [3.63, 3.8) is 0 Å². The summed E-state index contributed by atoms with van der Waals surface area (Å²) in [6.07, 6.45) is 4.25. The van der Waals surface area contributed by atoms with Gasteiger partial charge in [-0.3, -0.25) is 9.59 Å². The number of carbonyl (C=O) groups excluding carboxylic acids is 2. The van der Waals surface area contributed by atoms with E-state index in [1.165, 1.54) is 16.0 Å². The average molecular weight is 515 g/mol. The molecule has 1 unspecified atom stereocenters. The number of nitrogens with zero attached hydrogens (tertiary/aromatic N) is 2. The van der Waals surface area contributed by atoms with Crippen molar-refractivity contribution in [2.24, 2.45) is 5.92 Å². The zero-order valence-corrected chi connectivity index (χ0v) is 23.4. The van der Waals surface area contributed by atoms with Crippen LogP contribution in [0.15, 0.2) is 72.1 Å². The summed E-state index contributed by atoms with van der Waals surface area (Å²) in [6, 6.07) is 20.5. The smallest absolute Gasteiger partial charge is 0.247 e. The van der Waals surface area contributed by atoms with Gasteiger partial charge < -0.3 is 9.80 Å². The predicted molar refractivity (Wildman–Crippen MR) is 154 cm³/mol. The van der Waals surface area contributed by atoms with Crippen LogP contribution in [0.1, 0.15) is 67.8 Å². The molecule has 2 amide bonds. The molecule has 0 bridgehead atoms. The van der Waals surface area contributed by atoms with Crippen LogP contribution in [0.2, 0.25) is 0 Å². The molecule has 0 radical (unpaired) electrons. The Balaban J connectivity index is 1.58. The fraction of sp³-hybridized carbons (Fsp3) is 0.375. The molecule has 2 aromatic carbocycles. The molecule has 0 fully saturated rings. The highest BCUT2D eigenvalue weighted by Gasteiger charge is 2.34. The third kappa shape index (κ3) is 6.58. The molecule has 4 nitrogen and oxygen atoms in total. The maximum atomic E-state index is 13.8. The number of benzene rings is 2. The summed E-state index contributed by atoms with van der Waals surface area (Å²) in [5, 5.41) is 2.12. The number of fused-ring (bicyclic) bond motifs is 1. The van der Waals surface area contributed by atoms with Gasteiger partial charge in [0.25, 0.3) is 0 Å². The Kier molecular flexibility index (Phi) is 8.33. The number of rotatable bonds is 7. The van der Waals surface area contributed by atoms with Gasteiger partial charge in [0.15, 0.2) is 0 Å². The average Bonchev–Trinajstić information content (AvgIpc) is 3.35. The molecule has 0 aliphatic carbocycles. The summed E-state index contributed by atoms with van der Waals surface area (Å²) in [5.41, 5.74) is 4.63. The van der Waals surface area contributed by atoms with E-state index in [0.717, 1.165) is 17.5 Å². The normalized spacial score (nSPS) is 15.7. The van der Waals surface area contributed by atoms with Crippen LogP contribution in [0.5, 0.6) is 0 Å². The lowest BCUT2D eigenvalue weighted by molar-refractivity contribution is -0.140. The number of carbonyl (C=O) groups is 2. The van der Waals surface area contributed by atoms with Crippen LogP contribution in [-0.2, 0) is 21.4 Å². The van der Waals surface area contributed by atoms with Gasteiger partial charge in [-0.2, -0.15) is 0 Å². The molecule has 0 saturated carbocycles. The van der Waals surface area contributed by atoms with Crippen molar-refractivity contribution in [1.29, 1.82) is 0 Å². The minimum absolute atomic E-state index is 0.0103. The molecule has 37 heavy (non-hydrogen) atoms. The number of hydrogen-bond donors (Lipinski definition) is 0. The van der Waals surface area contributed by atoms with E-state index in [-0.39, 0.29) is 35.7 Å². The Labute approximate surface area is 225 Å². The lowest BCUT2D eigenvalue weighted by Crippen LogP contribution is -2.47. The van der Waals surface area contributed by atoms with E-state index in [1.54, 1.807) is 22.3 Å². The fourth-order valence-electron chi connectivity index (χ4n) is 4.87. The Bertz CT molecular complexity index is 1240. The molecule has 1 aliphatic rings. The van der Waals surface area contributed by atoms with Gasteiger partial charge in [-0.25, -0.2) is 0 Å². The van der Waals surface area contributed by atoms with Gasteiger partial charge in [-0.15, -0.1) is 11.3 Å². The zero-order chi connectivity index (χ0) is 26.6. The van der Waals surface area contributed by atoms with Crippen LogP contribution in [-0.4, -0.2) is 41.2 Å². The second kappa shape index (κ2) is 11.5. The summed E-state index contributed by atoms with van der Waals surface area (Å²) in [5.74, 6) is 0.113. The first-order valence-corrected chi connectivity index (χ1v) is 14.0. The first-order valence-electron chi connectivity index (χ1n) is 13.1. The van der Waals surface area contributed by atoms with Gasteiger partial charge >= 0.3 is 0 Å². The maximum Gasteiger partial charge on any atom is 0.247 e. The second-order valence-electron chi connectivity index (χ2n) is 11.3. The molecule has 3 aromatic rings. The molecule has 4 rings (SSSR count). The van der Waals surface area contributed by atoms with Gasteiger partial charge in [0, 0.05) is 24.0 Å². The predicted octanol–water partition coefficient (Wildman–Crippen LogP) is 6.72. The fourth-order valence-corrected chi connectivity index (χ4v) is 5.78. The van der Waals surface area contributed by atoms with Crippen LogP contribution in [0.25, 0.3) is 6.08 Å². The van der Waals surface area contributed by atoms with Gasteiger partial charge in [0.05, 0.1) is 6.04 Å². The molecular formula is C32H38N2O2S. The van der Waals surface area contributed by atoms with E-state index in [9.17, 15) is 9.59 Å². The lowest BCUT2D eigenvalue weighted by atomic mass is 9.85. The van der Waals surface area contributed by atoms with Crippen molar-refractivity contribution >= 4 is 29.2 Å². The number of hydrogen-bond acceptors (Lipinski definition) is 3. The lowest BCUT2D eigenvalue weighted by Gasteiger charge is -2.38. The summed E-state index contributed by atoms with van der Waals surface area (Å²) >= 11 is 1.77. The van der Waals surface area contributed by atoms with E-state index in [1.807, 2.05) is 41.3 Å². The van der Waals surface area contributed by atoms with Crippen molar-refractivity contribution in [2.45, 2.75) is 52.5 Å². The van der Waals surface area contributed by atoms with Crippen molar-refractivity contribution in [3.8, 4) is 0 Å². The van der Waals surface area contributed by atoms with Gasteiger partial charge in [0.2, 0.25) is 11.8 Å². The summed E-state index contributed by atoms with van der Waals surface area (Å²) < 4.78 is 0. The maximum absolute atomic E-state index is 13.8. The van der Waals surface area contributed by atoms with E-state index in [2.05, 4.69) is 70.3 Å². The minimum atomic E-state index is -0.134. The van der Waals surface area contributed by atoms with Gasteiger partial charge in [-0.1, -0.05) is 89.2 Å². The summed E-state index contributed by atoms with van der Waals surface area (Å²) in [7, 11) is 0. The van der Waals surface area contributed by atoms with Crippen LogP contribution < -0.4 is 0 Å². The Morgan fingerprint density at radius 2 is 1.76 bits per heavy atom. The van der Waals surface area contributed by atoms with E-state index in [4.69, 9.17) is 0 Å². The molecule has 1 aliphatic heterocycles. The molecule has 1 aromatic heterocycles. The van der Waals surface area contributed by atoms with Crippen LogP contribution >= 0.6 is 11.3 Å². The van der Waals surface area contributed by atoms with E-state index >= 15 is 0 Å². The van der Waals surface area contributed by atoms with Gasteiger partial charge in [0.1, 0.15) is 6.54 Å².